The number of rotatable bonds is 5. The highest BCUT2D eigenvalue weighted by Crippen LogP contribution is 2.37. The van der Waals surface area contributed by atoms with E-state index in [9.17, 15) is 0 Å². The number of anilines is 1. The summed E-state index contributed by atoms with van der Waals surface area (Å²) in [5.41, 5.74) is 2.50. The lowest BCUT2D eigenvalue weighted by atomic mass is 10.2. The lowest BCUT2D eigenvalue weighted by Crippen LogP contribution is -2.43. The Morgan fingerprint density at radius 2 is 1.61 bits per heavy atom. The average molecular weight is 328 g/mol. The zero-order valence-electron chi connectivity index (χ0n) is 15.3. The van der Waals surface area contributed by atoms with Crippen LogP contribution < -0.4 is 9.33 Å². The van der Waals surface area contributed by atoms with Crippen LogP contribution in [0.3, 0.4) is 0 Å². The predicted octanol–water partition coefficient (Wildman–Crippen LogP) is 5.71. The van der Waals surface area contributed by atoms with Gasteiger partial charge in [0.2, 0.25) is 8.32 Å². The van der Waals surface area contributed by atoms with E-state index in [1.54, 1.807) is 0 Å². The molecular formula is C20H29NOSi. The van der Waals surface area contributed by atoms with Crippen molar-refractivity contribution in [2.75, 3.05) is 11.9 Å². The first-order chi connectivity index (χ1) is 10.7. The first-order valence-electron chi connectivity index (χ1n) is 8.23. The van der Waals surface area contributed by atoms with Crippen LogP contribution in [0.5, 0.6) is 5.75 Å². The fourth-order valence-electron chi connectivity index (χ4n) is 2.18. The number of benzene rings is 2. The largest absolute Gasteiger partial charge is 0.543 e. The summed E-state index contributed by atoms with van der Waals surface area (Å²) in [5.74, 6) is 0.981. The van der Waals surface area contributed by atoms with Gasteiger partial charge in [0.25, 0.3) is 0 Å². The molecule has 0 amide bonds. The molecule has 0 aromatic heterocycles. The molecular weight excluding hydrogens is 298 g/mol. The normalized spacial score (nSPS) is 12.1. The maximum Gasteiger partial charge on any atom is 0.250 e. The van der Waals surface area contributed by atoms with E-state index in [2.05, 4.69) is 100 Å². The van der Waals surface area contributed by atoms with Crippen molar-refractivity contribution in [3.05, 3.63) is 60.2 Å². The molecule has 0 aliphatic heterocycles. The molecule has 0 radical (unpaired) electrons. The molecule has 3 heteroatoms. The molecule has 2 aromatic carbocycles. The van der Waals surface area contributed by atoms with Crippen molar-refractivity contribution in [3.63, 3.8) is 0 Å². The minimum absolute atomic E-state index is 0.207. The van der Waals surface area contributed by atoms with Gasteiger partial charge in [-0.15, -0.1) is 0 Å². The minimum Gasteiger partial charge on any atom is -0.543 e. The molecule has 0 unspecified atom stereocenters. The molecule has 2 nitrogen and oxygen atoms in total. The van der Waals surface area contributed by atoms with Crippen molar-refractivity contribution >= 4 is 14.0 Å². The Bertz CT molecular complexity index is 632. The van der Waals surface area contributed by atoms with E-state index >= 15 is 0 Å². The molecule has 124 valence electrons. The molecule has 0 heterocycles. The van der Waals surface area contributed by atoms with Crippen molar-refractivity contribution in [2.24, 2.45) is 0 Å². The Morgan fingerprint density at radius 3 is 2.22 bits per heavy atom. The maximum atomic E-state index is 6.42. The molecule has 0 aliphatic rings. The standard InChI is InChI=1S/C20H29NOSi/c1-20(2,3)23(5,6)22-19-14-10-13-18(15-19)21(4)16-17-11-8-7-9-12-17/h7-15H,16H2,1-6H3. The molecule has 0 N–H and O–H groups in total. The Morgan fingerprint density at radius 1 is 0.957 bits per heavy atom. The van der Waals surface area contributed by atoms with Crippen molar-refractivity contribution in [1.29, 1.82) is 0 Å². The van der Waals surface area contributed by atoms with E-state index in [-0.39, 0.29) is 5.04 Å². The minimum atomic E-state index is -1.80. The van der Waals surface area contributed by atoms with E-state index < -0.39 is 8.32 Å². The summed E-state index contributed by atoms with van der Waals surface area (Å²) in [6, 6.07) is 19.0. The fraction of sp³-hybridized carbons (Fsp3) is 0.400. The van der Waals surface area contributed by atoms with E-state index in [1.165, 1.54) is 11.3 Å². The third-order valence-corrected chi connectivity index (χ3v) is 9.06. The highest BCUT2D eigenvalue weighted by Gasteiger charge is 2.38. The second-order valence-corrected chi connectivity index (χ2v) is 12.4. The molecule has 0 bridgehead atoms. The number of hydrogen-bond acceptors (Lipinski definition) is 2. The van der Waals surface area contributed by atoms with Gasteiger partial charge in [0.05, 0.1) is 0 Å². The van der Waals surface area contributed by atoms with Gasteiger partial charge in [-0.25, -0.2) is 0 Å². The Kier molecular flexibility index (Phi) is 5.20. The summed E-state index contributed by atoms with van der Waals surface area (Å²) in [6.07, 6.45) is 0. The van der Waals surface area contributed by atoms with E-state index in [0.29, 0.717) is 0 Å². The van der Waals surface area contributed by atoms with Crippen LogP contribution in [0.1, 0.15) is 26.3 Å². The van der Waals surface area contributed by atoms with Gasteiger partial charge >= 0.3 is 0 Å². The van der Waals surface area contributed by atoms with Crippen molar-refractivity contribution in [2.45, 2.75) is 45.4 Å². The molecule has 2 rings (SSSR count). The lowest BCUT2D eigenvalue weighted by Gasteiger charge is -2.36. The second-order valence-electron chi connectivity index (χ2n) is 7.70. The van der Waals surface area contributed by atoms with Crippen LogP contribution in [0.25, 0.3) is 0 Å². The molecule has 23 heavy (non-hydrogen) atoms. The topological polar surface area (TPSA) is 12.5 Å². The van der Waals surface area contributed by atoms with Gasteiger partial charge in [-0.2, -0.15) is 0 Å². The third-order valence-electron chi connectivity index (χ3n) is 4.70. The zero-order chi connectivity index (χ0) is 17.1. The molecule has 0 saturated carbocycles. The van der Waals surface area contributed by atoms with E-state index in [4.69, 9.17) is 4.43 Å². The van der Waals surface area contributed by atoms with E-state index in [1.807, 2.05) is 0 Å². The second kappa shape index (κ2) is 6.79. The van der Waals surface area contributed by atoms with Crippen LogP contribution >= 0.6 is 0 Å². The summed E-state index contributed by atoms with van der Waals surface area (Å²) in [6.45, 7) is 12.3. The van der Waals surface area contributed by atoms with Crippen LogP contribution in [-0.2, 0) is 6.54 Å². The van der Waals surface area contributed by atoms with Crippen LogP contribution in [0, 0.1) is 0 Å². The number of hydrogen-bond donors (Lipinski definition) is 0. The molecule has 0 aliphatic carbocycles. The number of nitrogens with zero attached hydrogens (tertiary/aromatic N) is 1. The van der Waals surface area contributed by atoms with Gasteiger partial charge < -0.3 is 9.33 Å². The summed E-state index contributed by atoms with van der Waals surface area (Å²) in [4.78, 5) is 2.26. The summed E-state index contributed by atoms with van der Waals surface area (Å²) in [7, 11) is 0.327. The zero-order valence-corrected chi connectivity index (χ0v) is 16.3. The summed E-state index contributed by atoms with van der Waals surface area (Å²) < 4.78 is 6.42. The van der Waals surface area contributed by atoms with Gasteiger partial charge in [0.1, 0.15) is 5.75 Å². The Balaban J connectivity index is 2.13. The molecule has 0 saturated heterocycles. The van der Waals surface area contributed by atoms with Gasteiger partial charge in [0, 0.05) is 25.3 Å². The lowest BCUT2D eigenvalue weighted by molar-refractivity contribution is 0.492. The fourth-order valence-corrected chi connectivity index (χ4v) is 3.20. The SMILES string of the molecule is CN(Cc1ccccc1)c1cccc(O[Si](C)(C)C(C)(C)C)c1. The van der Waals surface area contributed by atoms with E-state index in [0.717, 1.165) is 12.3 Å². The summed E-state index contributed by atoms with van der Waals surface area (Å²) >= 11 is 0. The van der Waals surface area contributed by atoms with Crippen molar-refractivity contribution in [1.82, 2.24) is 0 Å². The first kappa shape index (κ1) is 17.6. The van der Waals surface area contributed by atoms with Crippen LogP contribution in [0.15, 0.2) is 54.6 Å². The monoisotopic (exact) mass is 327 g/mol. The van der Waals surface area contributed by atoms with Crippen LogP contribution in [-0.4, -0.2) is 15.4 Å². The predicted molar refractivity (Wildman–Crippen MR) is 103 cm³/mol. The highest BCUT2D eigenvalue weighted by atomic mass is 28.4. The van der Waals surface area contributed by atoms with Gasteiger partial charge in [0.15, 0.2) is 0 Å². The van der Waals surface area contributed by atoms with Gasteiger partial charge in [-0.05, 0) is 35.8 Å². The Labute approximate surface area is 142 Å². The smallest absolute Gasteiger partial charge is 0.250 e. The van der Waals surface area contributed by atoms with Crippen LogP contribution in [0.2, 0.25) is 18.1 Å². The van der Waals surface area contributed by atoms with Crippen LogP contribution in [0.4, 0.5) is 5.69 Å². The van der Waals surface area contributed by atoms with Crippen molar-refractivity contribution in [3.8, 4) is 5.75 Å². The Hall–Kier alpha value is -1.74. The first-order valence-corrected chi connectivity index (χ1v) is 11.1. The van der Waals surface area contributed by atoms with Gasteiger partial charge in [-0.1, -0.05) is 57.2 Å². The van der Waals surface area contributed by atoms with Gasteiger partial charge in [-0.3, -0.25) is 0 Å². The maximum absolute atomic E-state index is 6.42. The quantitative estimate of drug-likeness (QED) is 0.652. The molecule has 0 spiro atoms. The van der Waals surface area contributed by atoms with Crippen molar-refractivity contribution < 1.29 is 4.43 Å². The molecule has 0 atom stereocenters. The molecule has 0 fully saturated rings. The summed E-state index contributed by atoms with van der Waals surface area (Å²) in [5, 5.41) is 0.207. The molecule has 2 aromatic rings. The highest BCUT2D eigenvalue weighted by molar-refractivity contribution is 6.74. The average Bonchev–Trinajstić information content (AvgIpc) is 2.47. The third kappa shape index (κ3) is 4.61.